The van der Waals surface area contributed by atoms with E-state index in [-0.39, 0.29) is 30.2 Å². The zero-order valence-electron chi connectivity index (χ0n) is 16.8. The minimum atomic E-state index is -0.927. The van der Waals surface area contributed by atoms with Crippen LogP contribution in [0.15, 0.2) is 45.4 Å². The molecule has 2 aromatic heterocycles. The highest BCUT2D eigenvalue weighted by Gasteiger charge is 2.57. The first-order chi connectivity index (χ1) is 14.4. The van der Waals surface area contributed by atoms with Gasteiger partial charge in [0.05, 0.1) is 30.2 Å². The Labute approximate surface area is 178 Å². The number of carboxylic acid groups (broad SMARTS) is 1. The molecule has 0 aromatic carbocycles. The smallest absolute Gasteiger partial charge is 0.307 e. The van der Waals surface area contributed by atoms with Crippen LogP contribution in [0.25, 0.3) is 0 Å². The number of carbonyl (C=O) groups is 3. The van der Waals surface area contributed by atoms with Gasteiger partial charge in [0.15, 0.2) is 0 Å². The zero-order chi connectivity index (χ0) is 21.4. The molecule has 2 aliphatic carbocycles. The summed E-state index contributed by atoms with van der Waals surface area (Å²) in [7, 11) is 0. The molecule has 2 fully saturated rings. The van der Waals surface area contributed by atoms with Crippen LogP contribution in [0, 0.1) is 23.7 Å². The van der Waals surface area contributed by atoms with Crippen LogP contribution in [0.2, 0.25) is 0 Å². The lowest BCUT2D eigenvalue weighted by Gasteiger charge is -2.26. The molecular formula is C22H24N2O5S. The SMILES string of the molecule is CC(C)=C1[C@H]2CC[C@@H]1[C@H](C(=O)O)[C@@H]2C(=O)Nc1sccc1C(=O)NCc1ccco1. The largest absolute Gasteiger partial charge is 0.481 e. The maximum Gasteiger partial charge on any atom is 0.307 e. The highest BCUT2D eigenvalue weighted by atomic mass is 32.1. The molecule has 2 aromatic rings. The molecule has 2 aliphatic rings. The molecule has 158 valence electrons. The van der Waals surface area contributed by atoms with Crippen LogP contribution in [-0.2, 0) is 16.1 Å². The van der Waals surface area contributed by atoms with E-state index in [1.165, 1.54) is 17.6 Å². The maximum absolute atomic E-state index is 13.2. The number of anilines is 1. The highest BCUT2D eigenvalue weighted by Crippen LogP contribution is 2.57. The number of thiophene rings is 1. The van der Waals surface area contributed by atoms with Gasteiger partial charge in [-0.2, -0.15) is 0 Å². The van der Waals surface area contributed by atoms with Gasteiger partial charge in [-0.05, 0) is 62.1 Å². The van der Waals surface area contributed by atoms with Crippen molar-refractivity contribution in [1.82, 2.24) is 5.32 Å². The van der Waals surface area contributed by atoms with Crippen LogP contribution in [0.1, 0.15) is 42.8 Å². The first kappa shape index (κ1) is 20.4. The second kappa shape index (κ2) is 8.10. The van der Waals surface area contributed by atoms with E-state index in [1.807, 2.05) is 13.8 Å². The van der Waals surface area contributed by atoms with E-state index >= 15 is 0 Å². The van der Waals surface area contributed by atoms with E-state index < -0.39 is 17.8 Å². The summed E-state index contributed by atoms with van der Waals surface area (Å²) < 4.78 is 5.21. The van der Waals surface area contributed by atoms with Gasteiger partial charge in [-0.25, -0.2) is 0 Å². The van der Waals surface area contributed by atoms with Gasteiger partial charge in [-0.15, -0.1) is 11.3 Å². The molecule has 30 heavy (non-hydrogen) atoms. The van der Waals surface area contributed by atoms with Crippen LogP contribution >= 0.6 is 11.3 Å². The fourth-order valence-corrected chi connectivity index (χ4v) is 5.85. The summed E-state index contributed by atoms with van der Waals surface area (Å²) in [6.07, 6.45) is 3.17. The monoisotopic (exact) mass is 428 g/mol. The van der Waals surface area contributed by atoms with Gasteiger partial charge in [0, 0.05) is 0 Å². The number of aliphatic carboxylic acids is 1. The van der Waals surface area contributed by atoms with Crippen LogP contribution in [-0.4, -0.2) is 22.9 Å². The summed E-state index contributed by atoms with van der Waals surface area (Å²) in [4.78, 5) is 37.7. The number of carboxylic acids is 1. The number of fused-ring (bicyclic) bond motifs is 2. The van der Waals surface area contributed by atoms with Gasteiger partial charge < -0.3 is 20.2 Å². The van der Waals surface area contributed by atoms with Crippen molar-refractivity contribution in [2.75, 3.05) is 5.32 Å². The lowest BCUT2D eigenvalue weighted by Crippen LogP contribution is -2.38. The van der Waals surface area contributed by atoms with Crippen molar-refractivity contribution in [3.05, 3.63) is 52.3 Å². The third-order valence-corrected chi connectivity index (χ3v) is 6.99. The van der Waals surface area contributed by atoms with Gasteiger partial charge in [-0.1, -0.05) is 11.1 Å². The molecule has 2 bridgehead atoms. The normalized spacial score (nSPS) is 24.7. The molecule has 2 saturated carbocycles. The Bertz CT molecular complexity index is 1000. The van der Waals surface area contributed by atoms with Crippen LogP contribution in [0.3, 0.4) is 0 Å². The Balaban J connectivity index is 1.51. The average molecular weight is 429 g/mol. The number of amides is 2. The predicted octanol–water partition coefficient (Wildman–Crippen LogP) is 3.90. The minimum absolute atomic E-state index is 0.0442. The van der Waals surface area contributed by atoms with E-state index in [0.717, 1.165) is 24.0 Å². The van der Waals surface area contributed by atoms with Crippen LogP contribution in [0.5, 0.6) is 0 Å². The van der Waals surface area contributed by atoms with Crippen LogP contribution < -0.4 is 10.6 Å². The van der Waals surface area contributed by atoms with E-state index in [2.05, 4.69) is 10.6 Å². The number of hydrogen-bond donors (Lipinski definition) is 3. The Morgan fingerprint density at radius 3 is 2.53 bits per heavy atom. The molecule has 2 amide bonds. The fraction of sp³-hybridized carbons (Fsp3) is 0.409. The van der Waals surface area contributed by atoms with E-state index in [9.17, 15) is 19.5 Å². The molecule has 0 saturated heterocycles. The number of hydrogen-bond acceptors (Lipinski definition) is 5. The molecule has 7 nitrogen and oxygen atoms in total. The summed E-state index contributed by atoms with van der Waals surface area (Å²) in [5.41, 5.74) is 2.60. The molecule has 4 rings (SSSR count). The summed E-state index contributed by atoms with van der Waals surface area (Å²) in [6, 6.07) is 5.15. The van der Waals surface area contributed by atoms with Crippen molar-refractivity contribution in [3.63, 3.8) is 0 Å². The maximum atomic E-state index is 13.2. The second-order valence-electron chi connectivity index (χ2n) is 8.05. The van der Waals surface area contributed by atoms with Gasteiger partial charge in [-0.3, -0.25) is 14.4 Å². The minimum Gasteiger partial charge on any atom is -0.481 e. The molecule has 2 heterocycles. The Morgan fingerprint density at radius 2 is 1.90 bits per heavy atom. The third-order valence-electron chi connectivity index (χ3n) is 6.16. The molecular weight excluding hydrogens is 404 g/mol. The summed E-state index contributed by atoms with van der Waals surface area (Å²) in [5, 5.41) is 17.6. The predicted molar refractivity (Wildman–Crippen MR) is 112 cm³/mol. The van der Waals surface area contributed by atoms with E-state index in [0.29, 0.717) is 16.3 Å². The first-order valence-electron chi connectivity index (χ1n) is 9.97. The number of rotatable bonds is 6. The molecule has 8 heteroatoms. The van der Waals surface area contributed by atoms with Gasteiger partial charge >= 0.3 is 5.97 Å². The Morgan fingerprint density at radius 1 is 1.17 bits per heavy atom. The summed E-state index contributed by atoms with van der Waals surface area (Å²) in [6.45, 7) is 4.22. The van der Waals surface area contributed by atoms with Crippen molar-refractivity contribution in [2.45, 2.75) is 33.2 Å². The standard InChI is InChI=1S/C22H24N2O5S/c1-11(2)16-13-5-6-14(16)18(22(27)28)17(13)20(26)24-21-15(7-9-30-21)19(25)23-10-12-4-3-8-29-12/h3-4,7-9,13-14,17-18H,5-6,10H2,1-2H3,(H,23,25)(H,24,26)(H,27,28)/t13-,14+,17-,18+/m1/s1. The average Bonchev–Trinajstić information content (AvgIpc) is 3.48. The lowest BCUT2D eigenvalue weighted by atomic mass is 9.79. The quantitative estimate of drug-likeness (QED) is 0.605. The fourth-order valence-electron chi connectivity index (χ4n) is 5.06. The Hall–Kier alpha value is -2.87. The topological polar surface area (TPSA) is 109 Å². The molecule has 0 unspecified atom stereocenters. The van der Waals surface area contributed by atoms with Gasteiger partial charge in [0.25, 0.3) is 5.91 Å². The highest BCUT2D eigenvalue weighted by molar-refractivity contribution is 7.14. The van der Waals surface area contributed by atoms with Gasteiger partial charge in [0.2, 0.25) is 5.91 Å². The molecule has 0 aliphatic heterocycles. The summed E-state index contributed by atoms with van der Waals surface area (Å²) >= 11 is 1.25. The number of carbonyl (C=O) groups excluding carboxylic acids is 2. The zero-order valence-corrected chi connectivity index (χ0v) is 17.6. The number of nitrogens with one attached hydrogen (secondary N) is 2. The molecule has 0 radical (unpaired) electrons. The van der Waals surface area contributed by atoms with Crippen molar-refractivity contribution in [1.29, 1.82) is 0 Å². The Kier molecular flexibility index (Phi) is 5.51. The van der Waals surface area contributed by atoms with Gasteiger partial charge in [0.1, 0.15) is 10.8 Å². The molecule has 0 spiro atoms. The van der Waals surface area contributed by atoms with E-state index in [4.69, 9.17) is 4.42 Å². The van der Waals surface area contributed by atoms with Crippen molar-refractivity contribution in [3.8, 4) is 0 Å². The molecule has 3 N–H and O–H groups in total. The van der Waals surface area contributed by atoms with Crippen molar-refractivity contribution < 1.29 is 23.9 Å². The number of furan rings is 1. The third kappa shape index (κ3) is 3.56. The summed E-state index contributed by atoms with van der Waals surface area (Å²) in [5.74, 6) is -2.40. The second-order valence-corrected chi connectivity index (χ2v) is 8.97. The van der Waals surface area contributed by atoms with E-state index in [1.54, 1.807) is 23.6 Å². The number of allylic oxidation sites excluding steroid dienone is 2. The van der Waals surface area contributed by atoms with Crippen molar-refractivity contribution in [2.24, 2.45) is 23.7 Å². The van der Waals surface area contributed by atoms with Crippen LogP contribution in [0.4, 0.5) is 5.00 Å². The molecule has 4 atom stereocenters. The van der Waals surface area contributed by atoms with Crippen molar-refractivity contribution >= 4 is 34.1 Å². The first-order valence-corrected chi connectivity index (χ1v) is 10.9. The lowest BCUT2D eigenvalue weighted by molar-refractivity contribution is -0.148.